The van der Waals surface area contributed by atoms with Gasteiger partial charge in [-0.1, -0.05) is 0 Å². The number of rotatable bonds is 5. The van der Waals surface area contributed by atoms with Crippen LogP contribution in [0.1, 0.15) is 36.2 Å². The number of ether oxygens (including phenoxy) is 2. The molecule has 0 aliphatic carbocycles. The molecule has 2 aliphatic rings. The van der Waals surface area contributed by atoms with Gasteiger partial charge in [-0.25, -0.2) is 0 Å². The number of benzene rings is 1. The second kappa shape index (κ2) is 5.72. The topological polar surface area (TPSA) is 67.1 Å². The summed E-state index contributed by atoms with van der Waals surface area (Å²) in [4.78, 5) is 2.06. The maximum absolute atomic E-state index is 10.6. The Bertz CT molecular complexity index is 718. The Balaban J connectivity index is 1.59. The van der Waals surface area contributed by atoms with Crippen molar-refractivity contribution in [2.75, 3.05) is 27.2 Å². The minimum absolute atomic E-state index is 0.0796. The third-order valence-electron chi connectivity index (χ3n) is 4.76. The molecule has 2 atom stereocenters. The third kappa shape index (κ3) is 2.34. The fourth-order valence-electron chi connectivity index (χ4n) is 3.56. The molecule has 2 aromatic rings. The molecule has 6 nitrogen and oxygen atoms in total. The second-order valence-electron chi connectivity index (χ2n) is 6.65. The predicted molar refractivity (Wildman–Crippen MR) is 88.9 cm³/mol. The van der Waals surface area contributed by atoms with Crippen LogP contribution in [0.2, 0.25) is 0 Å². The largest absolute Gasteiger partial charge is 0.494 e. The van der Waals surface area contributed by atoms with Crippen molar-refractivity contribution in [1.82, 2.24) is 9.47 Å². The highest BCUT2D eigenvalue weighted by atomic mass is 16.5. The highest BCUT2D eigenvalue weighted by Gasteiger charge is 2.45. The minimum atomic E-state index is -0.0919. The first-order valence-corrected chi connectivity index (χ1v) is 8.26. The molecule has 24 heavy (non-hydrogen) atoms. The molecule has 1 saturated heterocycles. The van der Waals surface area contributed by atoms with Crippen LogP contribution in [-0.2, 0) is 4.74 Å². The molecule has 128 valence electrons. The first-order chi connectivity index (χ1) is 11.6. The van der Waals surface area contributed by atoms with Crippen LogP contribution in [0.15, 0.2) is 24.3 Å². The van der Waals surface area contributed by atoms with Crippen LogP contribution < -0.4 is 4.74 Å². The number of hydrogen-bond donors (Lipinski definition) is 2. The Kier molecular flexibility index (Phi) is 3.66. The molecule has 1 aromatic carbocycles. The smallest absolute Gasteiger partial charge is 0.205 e. The van der Waals surface area contributed by atoms with Crippen LogP contribution in [0.3, 0.4) is 0 Å². The monoisotopic (exact) mass is 330 g/mol. The standard InChI is InChI=1S/C18H22N2O4/c1-19(2)9-10-23-12-5-3-11(4-6-12)20-17(21)15-13-7-8-14(24-13)16(15)18(20)22/h3-6,13-14,21-22H,7-10H2,1-2H3/t13-,14+. The van der Waals surface area contributed by atoms with Crippen molar-refractivity contribution in [2.24, 2.45) is 0 Å². The second-order valence-corrected chi connectivity index (χ2v) is 6.65. The maximum atomic E-state index is 10.6. The molecule has 2 N–H and O–H groups in total. The number of likely N-dealkylation sites (N-methyl/N-ethyl adjacent to an activating group) is 1. The lowest BCUT2D eigenvalue weighted by Gasteiger charge is -2.13. The van der Waals surface area contributed by atoms with Crippen molar-refractivity contribution in [3.63, 3.8) is 0 Å². The van der Waals surface area contributed by atoms with Crippen LogP contribution in [0.25, 0.3) is 5.69 Å². The Hall–Kier alpha value is -2.18. The number of hydrogen-bond acceptors (Lipinski definition) is 5. The van der Waals surface area contributed by atoms with Gasteiger partial charge in [0, 0.05) is 6.54 Å². The maximum Gasteiger partial charge on any atom is 0.205 e. The van der Waals surface area contributed by atoms with Crippen molar-refractivity contribution in [3.05, 3.63) is 35.4 Å². The molecule has 2 bridgehead atoms. The van der Waals surface area contributed by atoms with E-state index in [1.165, 1.54) is 4.57 Å². The van der Waals surface area contributed by atoms with Crippen molar-refractivity contribution in [2.45, 2.75) is 25.0 Å². The Morgan fingerprint density at radius 1 is 1.08 bits per heavy atom. The molecule has 3 heterocycles. The van der Waals surface area contributed by atoms with E-state index in [4.69, 9.17) is 9.47 Å². The van der Waals surface area contributed by atoms with Crippen LogP contribution in [0.4, 0.5) is 0 Å². The van der Waals surface area contributed by atoms with Crippen molar-refractivity contribution < 1.29 is 19.7 Å². The van der Waals surface area contributed by atoms with E-state index in [9.17, 15) is 10.2 Å². The zero-order valence-electron chi connectivity index (χ0n) is 13.9. The van der Waals surface area contributed by atoms with Crippen molar-refractivity contribution >= 4 is 0 Å². The molecule has 4 rings (SSSR count). The van der Waals surface area contributed by atoms with Gasteiger partial charge in [-0.05, 0) is 51.2 Å². The van der Waals surface area contributed by atoms with Gasteiger partial charge in [-0.15, -0.1) is 0 Å². The average molecular weight is 330 g/mol. The molecule has 1 aromatic heterocycles. The van der Waals surface area contributed by atoms with E-state index in [0.29, 0.717) is 12.3 Å². The van der Waals surface area contributed by atoms with Crippen molar-refractivity contribution in [3.8, 4) is 23.2 Å². The number of aromatic nitrogens is 1. The molecule has 0 unspecified atom stereocenters. The van der Waals surface area contributed by atoms with E-state index in [1.54, 1.807) is 0 Å². The van der Waals surface area contributed by atoms with Gasteiger partial charge in [0.05, 0.1) is 29.0 Å². The average Bonchev–Trinajstić information content (AvgIpc) is 3.22. The van der Waals surface area contributed by atoms with Gasteiger partial charge in [-0.2, -0.15) is 0 Å². The van der Waals surface area contributed by atoms with E-state index >= 15 is 0 Å². The lowest BCUT2D eigenvalue weighted by molar-refractivity contribution is 0.0683. The Morgan fingerprint density at radius 2 is 1.67 bits per heavy atom. The molecular weight excluding hydrogens is 308 g/mol. The summed E-state index contributed by atoms with van der Waals surface area (Å²) in [5.41, 5.74) is 2.20. The van der Waals surface area contributed by atoms with Crippen LogP contribution in [0, 0.1) is 0 Å². The SMILES string of the molecule is CN(C)CCOc1ccc(-n2c(O)c3c(c2O)[C@H]2CC[C@@H]3O2)cc1. The Morgan fingerprint density at radius 3 is 2.21 bits per heavy atom. The molecule has 0 radical (unpaired) electrons. The summed E-state index contributed by atoms with van der Waals surface area (Å²) in [6.45, 7) is 1.46. The quantitative estimate of drug-likeness (QED) is 0.882. The zero-order valence-corrected chi connectivity index (χ0v) is 13.9. The number of nitrogens with zero attached hydrogens (tertiary/aromatic N) is 2. The zero-order chi connectivity index (χ0) is 16.8. The van der Waals surface area contributed by atoms with Gasteiger partial charge in [0.1, 0.15) is 12.4 Å². The van der Waals surface area contributed by atoms with Gasteiger partial charge in [0.25, 0.3) is 0 Å². The molecular formula is C18H22N2O4. The fraction of sp³-hybridized carbons (Fsp3) is 0.444. The summed E-state index contributed by atoms with van der Waals surface area (Å²) in [7, 11) is 4.00. The first-order valence-electron chi connectivity index (χ1n) is 8.26. The summed E-state index contributed by atoms with van der Waals surface area (Å²) in [6.07, 6.45) is 1.61. The summed E-state index contributed by atoms with van der Waals surface area (Å²) < 4.78 is 12.9. The van der Waals surface area contributed by atoms with Crippen molar-refractivity contribution in [1.29, 1.82) is 0 Å². The number of aromatic hydroxyl groups is 2. The molecule has 0 amide bonds. The van der Waals surface area contributed by atoms with E-state index < -0.39 is 0 Å². The highest BCUT2D eigenvalue weighted by Crippen LogP contribution is 2.58. The van der Waals surface area contributed by atoms with Gasteiger partial charge in [0.2, 0.25) is 11.8 Å². The lowest BCUT2D eigenvalue weighted by atomic mass is 9.95. The molecule has 0 saturated carbocycles. The molecule has 6 heteroatoms. The van der Waals surface area contributed by atoms with Crippen LogP contribution in [-0.4, -0.2) is 46.9 Å². The minimum Gasteiger partial charge on any atom is -0.494 e. The molecule has 2 aliphatic heterocycles. The van der Waals surface area contributed by atoms with Crippen LogP contribution in [0.5, 0.6) is 17.5 Å². The predicted octanol–water partition coefficient (Wildman–Crippen LogP) is 2.74. The van der Waals surface area contributed by atoms with E-state index in [2.05, 4.69) is 4.90 Å². The molecule has 1 fully saturated rings. The van der Waals surface area contributed by atoms with E-state index in [0.717, 1.165) is 36.3 Å². The van der Waals surface area contributed by atoms with Gasteiger partial charge in [-0.3, -0.25) is 4.57 Å². The first kappa shape index (κ1) is 15.4. The van der Waals surface area contributed by atoms with Crippen LogP contribution >= 0.6 is 0 Å². The van der Waals surface area contributed by atoms with Gasteiger partial charge < -0.3 is 24.6 Å². The third-order valence-corrected chi connectivity index (χ3v) is 4.76. The Labute approximate surface area is 140 Å². The number of fused-ring (bicyclic) bond motifs is 5. The lowest BCUT2D eigenvalue weighted by Crippen LogP contribution is -2.19. The van der Waals surface area contributed by atoms with Gasteiger partial charge in [0.15, 0.2) is 0 Å². The summed E-state index contributed by atoms with van der Waals surface area (Å²) in [6, 6.07) is 7.37. The highest BCUT2D eigenvalue weighted by molar-refractivity contribution is 5.57. The van der Waals surface area contributed by atoms with Gasteiger partial charge >= 0.3 is 0 Å². The van der Waals surface area contributed by atoms with E-state index in [1.807, 2.05) is 38.4 Å². The molecule has 0 spiro atoms. The van der Waals surface area contributed by atoms with E-state index in [-0.39, 0.29) is 24.0 Å². The fourth-order valence-corrected chi connectivity index (χ4v) is 3.56. The normalized spacial score (nSPS) is 21.5. The summed E-state index contributed by atoms with van der Waals surface area (Å²) in [5.74, 6) is 0.926. The summed E-state index contributed by atoms with van der Waals surface area (Å²) in [5, 5.41) is 21.1. The summed E-state index contributed by atoms with van der Waals surface area (Å²) >= 11 is 0.